The van der Waals surface area contributed by atoms with E-state index in [0.717, 1.165) is 4.57 Å². The summed E-state index contributed by atoms with van der Waals surface area (Å²) in [5.41, 5.74) is 0.879. The maximum atomic E-state index is 13.4. The first-order chi connectivity index (χ1) is 10.7. The Morgan fingerprint density at radius 1 is 1.30 bits per heavy atom. The fourth-order valence-corrected chi connectivity index (χ4v) is 3.64. The number of alkyl halides is 2. The zero-order valence-electron chi connectivity index (χ0n) is 13.4. The second kappa shape index (κ2) is 6.92. The number of hydrogen-bond acceptors (Lipinski definition) is 4. The zero-order valence-corrected chi connectivity index (χ0v) is 14.2. The smallest absolute Gasteiger partial charge is 0.295 e. The number of para-hydroxylation sites is 2. The molecule has 0 aliphatic rings. The first-order valence-corrected chi connectivity index (χ1v) is 9.22. The van der Waals surface area contributed by atoms with Gasteiger partial charge in [0.1, 0.15) is 5.82 Å². The van der Waals surface area contributed by atoms with Crippen molar-refractivity contribution in [3.8, 4) is 0 Å². The van der Waals surface area contributed by atoms with Gasteiger partial charge in [0.15, 0.2) is 9.84 Å². The lowest BCUT2D eigenvalue weighted by atomic mass is 10.3. The standard InChI is InChI=1S/C15H21F2N3O2S/c1-4-23(21,22)10-11(2)19(3)9-14-18-12-7-5-6-8-13(12)20(14)15(16)17/h5-8,11,15H,4,9-10H2,1-3H3. The van der Waals surface area contributed by atoms with E-state index in [1.807, 2.05) is 0 Å². The Balaban J connectivity index is 2.25. The number of halogens is 2. The van der Waals surface area contributed by atoms with Crippen LogP contribution in [0.25, 0.3) is 11.0 Å². The fourth-order valence-electron chi connectivity index (χ4n) is 2.42. The lowest BCUT2D eigenvalue weighted by Gasteiger charge is -2.24. The van der Waals surface area contributed by atoms with E-state index in [9.17, 15) is 17.2 Å². The van der Waals surface area contributed by atoms with Crippen LogP contribution in [0, 0.1) is 0 Å². The fraction of sp³-hybridized carbons (Fsp3) is 0.533. The van der Waals surface area contributed by atoms with Crippen molar-refractivity contribution in [2.75, 3.05) is 18.6 Å². The van der Waals surface area contributed by atoms with Gasteiger partial charge in [-0.05, 0) is 26.1 Å². The highest BCUT2D eigenvalue weighted by molar-refractivity contribution is 7.91. The number of nitrogens with zero attached hydrogens (tertiary/aromatic N) is 3. The lowest BCUT2D eigenvalue weighted by Crippen LogP contribution is -2.35. The molecule has 1 unspecified atom stereocenters. The molecule has 0 spiro atoms. The Morgan fingerprint density at radius 2 is 1.96 bits per heavy atom. The Kier molecular flexibility index (Phi) is 5.36. The number of rotatable bonds is 7. The van der Waals surface area contributed by atoms with E-state index in [-0.39, 0.29) is 29.9 Å². The van der Waals surface area contributed by atoms with Crippen molar-refractivity contribution >= 4 is 20.9 Å². The van der Waals surface area contributed by atoms with Gasteiger partial charge < -0.3 is 0 Å². The summed E-state index contributed by atoms with van der Waals surface area (Å²) in [6.07, 6.45) is 0. The van der Waals surface area contributed by atoms with Gasteiger partial charge >= 0.3 is 6.55 Å². The topological polar surface area (TPSA) is 55.2 Å². The summed E-state index contributed by atoms with van der Waals surface area (Å²) in [6, 6.07) is 6.43. The van der Waals surface area contributed by atoms with Crippen LogP contribution < -0.4 is 0 Å². The summed E-state index contributed by atoms with van der Waals surface area (Å²) in [5, 5.41) is 0. The second-order valence-electron chi connectivity index (χ2n) is 5.63. The minimum atomic E-state index is -3.12. The van der Waals surface area contributed by atoms with E-state index in [0.29, 0.717) is 11.0 Å². The quantitative estimate of drug-likeness (QED) is 0.774. The van der Waals surface area contributed by atoms with Crippen LogP contribution in [-0.4, -0.2) is 47.5 Å². The molecule has 0 bridgehead atoms. The van der Waals surface area contributed by atoms with Crippen LogP contribution >= 0.6 is 0 Å². The molecule has 0 radical (unpaired) electrons. The largest absolute Gasteiger partial charge is 0.320 e. The number of imidazole rings is 1. The molecule has 0 N–H and O–H groups in total. The average Bonchev–Trinajstić information content (AvgIpc) is 2.84. The van der Waals surface area contributed by atoms with Crippen molar-refractivity contribution in [2.24, 2.45) is 0 Å². The Labute approximate surface area is 134 Å². The highest BCUT2D eigenvalue weighted by Gasteiger charge is 2.22. The summed E-state index contributed by atoms with van der Waals surface area (Å²) < 4.78 is 51.1. The van der Waals surface area contributed by atoms with Gasteiger partial charge in [-0.3, -0.25) is 9.47 Å². The predicted molar refractivity (Wildman–Crippen MR) is 86.2 cm³/mol. The molecule has 5 nitrogen and oxygen atoms in total. The minimum absolute atomic E-state index is 0.00505. The third-order valence-electron chi connectivity index (χ3n) is 3.94. The first kappa shape index (κ1) is 17.8. The molecule has 0 fully saturated rings. The van der Waals surface area contributed by atoms with Gasteiger partial charge in [-0.25, -0.2) is 13.4 Å². The zero-order chi connectivity index (χ0) is 17.2. The van der Waals surface area contributed by atoms with E-state index in [2.05, 4.69) is 4.98 Å². The highest BCUT2D eigenvalue weighted by Crippen LogP contribution is 2.24. The average molecular weight is 345 g/mol. The van der Waals surface area contributed by atoms with Crippen LogP contribution in [0.1, 0.15) is 26.2 Å². The normalized spacial score (nSPS) is 14.0. The van der Waals surface area contributed by atoms with Gasteiger partial charge in [-0.15, -0.1) is 0 Å². The van der Waals surface area contributed by atoms with E-state index in [4.69, 9.17) is 0 Å². The number of fused-ring (bicyclic) bond motifs is 1. The summed E-state index contributed by atoms with van der Waals surface area (Å²) in [6.45, 7) is 0.820. The van der Waals surface area contributed by atoms with Crippen molar-refractivity contribution < 1.29 is 17.2 Å². The monoisotopic (exact) mass is 345 g/mol. The van der Waals surface area contributed by atoms with Crippen molar-refractivity contribution in [1.82, 2.24) is 14.5 Å². The molecule has 2 aromatic rings. The Hall–Kier alpha value is -1.54. The molecule has 0 saturated carbocycles. The number of sulfone groups is 1. The summed E-state index contributed by atoms with van der Waals surface area (Å²) in [4.78, 5) is 5.99. The summed E-state index contributed by atoms with van der Waals surface area (Å²) in [7, 11) is -1.41. The summed E-state index contributed by atoms with van der Waals surface area (Å²) >= 11 is 0. The van der Waals surface area contributed by atoms with Gasteiger partial charge in [0.05, 0.1) is 23.3 Å². The van der Waals surface area contributed by atoms with Crippen LogP contribution in [0.15, 0.2) is 24.3 Å². The first-order valence-electron chi connectivity index (χ1n) is 7.39. The maximum Gasteiger partial charge on any atom is 0.320 e. The third kappa shape index (κ3) is 4.06. The van der Waals surface area contributed by atoms with Crippen LogP contribution in [0.4, 0.5) is 8.78 Å². The summed E-state index contributed by atoms with van der Waals surface area (Å²) in [5.74, 6) is 0.291. The minimum Gasteiger partial charge on any atom is -0.295 e. The molecule has 1 atom stereocenters. The Morgan fingerprint density at radius 3 is 2.57 bits per heavy atom. The molecule has 2 rings (SSSR count). The molecule has 1 aromatic heterocycles. The van der Waals surface area contributed by atoms with E-state index in [1.54, 1.807) is 50.1 Å². The van der Waals surface area contributed by atoms with Crippen LogP contribution in [0.2, 0.25) is 0 Å². The molecular formula is C15H21F2N3O2S. The second-order valence-corrected chi connectivity index (χ2v) is 8.03. The van der Waals surface area contributed by atoms with Crippen molar-refractivity contribution in [3.05, 3.63) is 30.1 Å². The molecule has 0 saturated heterocycles. The molecular weight excluding hydrogens is 324 g/mol. The van der Waals surface area contributed by atoms with Gasteiger partial charge in [-0.1, -0.05) is 19.1 Å². The molecule has 23 heavy (non-hydrogen) atoms. The molecule has 0 aliphatic heterocycles. The van der Waals surface area contributed by atoms with Crippen molar-refractivity contribution in [2.45, 2.75) is 33.0 Å². The number of benzene rings is 1. The molecule has 1 aromatic carbocycles. The van der Waals surface area contributed by atoms with Gasteiger partial charge in [0.2, 0.25) is 0 Å². The highest BCUT2D eigenvalue weighted by atomic mass is 32.2. The molecule has 0 aliphatic carbocycles. The SMILES string of the molecule is CCS(=O)(=O)CC(C)N(C)Cc1nc2ccccc2n1C(F)F. The van der Waals surface area contributed by atoms with E-state index in [1.165, 1.54) is 0 Å². The van der Waals surface area contributed by atoms with Crippen LogP contribution in [0.3, 0.4) is 0 Å². The van der Waals surface area contributed by atoms with Gasteiger partial charge in [0.25, 0.3) is 0 Å². The number of hydrogen-bond donors (Lipinski definition) is 0. The van der Waals surface area contributed by atoms with Crippen molar-refractivity contribution in [3.63, 3.8) is 0 Å². The number of aromatic nitrogens is 2. The molecule has 8 heteroatoms. The lowest BCUT2D eigenvalue weighted by molar-refractivity contribution is 0.0683. The van der Waals surface area contributed by atoms with Crippen LogP contribution in [0.5, 0.6) is 0 Å². The predicted octanol–water partition coefficient (Wildman–Crippen LogP) is 2.69. The maximum absolute atomic E-state index is 13.4. The molecule has 0 amide bonds. The van der Waals surface area contributed by atoms with Crippen molar-refractivity contribution in [1.29, 1.82) is 0 Å². The van der Waals surface area contributed by atoms with E-state index >= 15 is 0 Å². The molecule has 1 heterocycles. The Bertz CT molecular complexity index is 774. The van der Waals surface area contributed by atoms with Crippen LogP contribution in [-0.2, 0) is 16.4 Å². The van der Waals surface area contributed by atoms with Gasteiger partial charge in [-0.2, -0.15) is 8.78 Å². The van der Waals surface area contributed by atoms with E-state index < -0.39 is 16.4 Å². The third-order valence-corrected chi connectivity index (χ3v) is 5.81. The van der Waals surface area contributed by atoms with Gasteiger partial charge in [0, 0.05) is 11.8 Å². The molecule has 128 valence electrons.